The Morgan fingerprint density at radius 3 is 2.31 bits per heavy atom. The molecule has 5 rings (SSSR count). The maximum absolute atomic E-state index is 13.2. The zero-order chi connectivity index (χ0) is 24.2. The first-order valence-electron chi connectivity index (χ1n) is 12.2. The molecule has 2 aliphatic heterocycles. The Morgan fingerprint density at radius 1 is 0.829 bits per heavy atom. The third kappa shape index (κ3) is 5.29. The largest absolute Gasteiger partial charge is 0.372 e. The van der Waals surface area contributed by atoms with Crippen LogP contribution < -0.4 is 20.4 Å². The van der Waals surface area contributed by atoms with Crippen LogP contribution in [0, 0.1) is 5.82 Å². The lowest BCUT2D eigenvalue weighted by Gasteiger charge is -2.32. The molecule has 0 bridgehead atoms. The maximum atomic E-state index is 13.2. The number of carbonyl (C=O) groups excluding carboxylic acids is 2. The van der Waals surface area contributed by atoms with E-state index in [1.165, 1.54) is 42.8 Å². The normalized spacial score (nSPS) is 15.0. The highest BCUT2D eigenvalue weighted by atomic mass is 19.1. The minimum Gasteiger partial charge on any atom is -0.372 e. The van der Waals surface area contributed by atoms with Crippen molar-refractivity contribution >= 4 is 34.6 Å². The molecular weight excluding hydrogens is 443 g/mol. The molecule has 0 radical (unpaired) electrons. The smallest absolute Gasteiger partial charge is 0.255 e. The van der Waals surface area contributed by atoms with E-state index in [-0.39, 0.29) is 24.2 Å². The molecule has 180 valence electrons. The Kier molecular flexibility index (Phi) is 6.66. The number of fused-ring (bicyclic) bond motifs is 1. The van der Waals surface area contributed by atoms with Crippen molar-refractivity contribution in [2.45, 2.75) is 25.7 Å². The van der Waals surface area contributed by atoms with Crippen LogP contribution in [-0.2, 0) is 11.2 Å². The quantitative estimate of drug-likeness (QED) is 0.526. The third-order valence-electron chi connectivity index (χ3n) is 6.66. The second-order valence-electron chi connectivity index (χ2n) is 9.08. The van der Waals surface area contributed by atoms with Crippen molar-refractivity contribution in [1.82, 2.24) is 0 Å². The topological polar surface area (TPSA) is 64.7 Å². The Morgan fingerprint density at radius 2 is 1.57 bits per heavy atom. The predicted octanol–water partition coefficient (Wildman–Crippen LogP) is 5.07. The summed E-state index contributed by atoms with van der Waals surface area (Å²) in [5.74, 6) is -0.742. The van der Waals surface area contributed by atoms with E-state index in [0.717, 1.165) is 55.1 Å². The van der Waals surface area contributed by atoms with Gasteiger partial charge in [-0.15, -0.1) is 0 Å². The van der Waals surface area contributed by atoms with Gasteiger partial charge in [-0.2, -0.15) is 0 Å². The van der Waals surface area contributed by atoms with Crippen molar-refractivity contribution in [3.8, 4) is 0 Å². The summed E-state index contributed by atoms with van der Waals surface area (Å²) in [6.07, 6.45) is 4.15. The Balaban J connectivity index is 1.24. The number of nitrogens with one attached hydrogen (secondary N) is 2. The predicted molar refractivity (Wildman–Crippen MR) is 138 cm³/mol. The van der Waals surface area contributed by atoms with E-state index >= 15 is 0 Å². The van der Waals surface area contributed by atoms with Crippen LogP contribution >= 0.6 is 0 Å². The van der Waals surface area contributed by atoms with Gasteiger partial charge in [-0.3, -0.25) is 9.59 Å². The lowest BCUT2D eigenvalue weighted by molar-refractivity contribution is -0.115. The van der Waals surface area contributed by atoms with E-state index in [4.69, 9.17) is 0 Å². The van der Waals surface area contributed by atoms with Gasteiger partial charge in [0.1, 0.15) is 5.82 Å². The average molecular weight is 473 g/mol. The molecule has 2 heterocycles. The lowest BCUT2D eigenvalue weighted by atomic mass is 9.99. The Labute approximate surface area is 204 Å². The van der Waals surface area contributed by atoms with Crippen LogP contribution in [0.3, 0.4) is 0 Å². The maximum Gasteiger partial charge on any atom is 0.255 e. The van der Waals surface area contributed by atoms with Gasteiger partial charge in [-0.25, -0.2) is 4.39 Å². The standard InChI is InChI=1S/C28H29FN4O2/c29-21-10-8-20(9-11-21)28(35)31-25-6-3-7-26-24(25)5-4-18-33(26)19-27(34)30-22-12-14-23(15-13-22)32-16-1-2-17-32/h3,6-15H,1-2,4-5,16-19H2,(H,30,34)(H,31,35). The molecule has 3 aromatic carbocycles. The number of hydrogen-bond acceptors (Lipinski definition) is 4. The molecule has 7 heteroatoms. The molecule has 3 aromatic rings. The molecule has 2 N–H and O–H groups in total. The van der Waals surface area contributed by atoms with Crippen LogP contribution in [0.1, 0.15) is 35.2 Å². The number of benzene rings is 3. The number of rotatable bonds is 6. The highest BCUT2D eigenvalue weighted by Crippen LogP contribution is 2.33. The first kappa shape index (κ1) is 22.9. The van der Waals surface area contributed by atoms with Gasteiger partial charge in [0, 0.05) is 47.9 Å². The summed E-state index contributed by atoms with van der Waals surface area (Å²) in [5.41, 5.74) is 5.06. The van der Waals surface area contributed by atoms with Gasteiger partial charge in [0.2, 0.25) is 5.91 Å². The van der Waals surface area contributed by atoms with E-state index in [2.05, 4.69) is 32.6 Å². The van der Waals surface area contributed by atoms with E-state index in [0.29, 0.717) is 5.56 Å². The van der Waals surface area contributed by atoms with Crippen LogP contribution in [0.25, 0.3) is 0 Å². The van der Waals surface area contributed by atoms with Gasteiger partial charge in [-0.1, -0.05) is 6.07 Å². The zero-order valence-corrected chi connectivity index (χ0v) is 19.6. The van der Waals surface area contributed by atoms with Crippen LogP contribution in [0.5, 0.6) is 0 Å². The summed E-state index contributed by atoms with van der Waals surface area (Å²) in [6, 6.07) is 19.3. The van der Waals surface area contributed by atoms with Gasteiger partial charge in [-0.05, 0) is 91.9 Å². The van der Waals surface area contributed by atoms with Crippen molar-refractivity contribution in [2.24, 2.45) is 0 Å². The molecule has 0 aliphatic carbocycles. The highest BCUT2D eigenvalue weighted by molar-refractivity contribution is 6.05. The third-order valence-corrected chi connectivity index (χ3v) is 6.66. The minimum atomic E-state index is -0.380. The van der Waals surface area contributed by atoms with Crippen molar-refractivity contribution in [3.05, 3.63) is 83.7 Å². The molecule has 35 heavy (non-hydrogen) atoms. The van der Waals surface area contributed by atoms with E-state index < -0.39 is 0 Å². The number of amides is 2. The number of halogens is 1. The summed E-state index contributed by atoms with van der Waals surface area (Å²) in [6.45, 7) is 3.18. The summed E-state index contributed by atoms with van der Waals surface area (Å²) in [7, 11) is 0. The summed E-state index contributed by atoms with van der Waals surface area (Å²) < 4.78 is 13.2. The number of carbonyl (C=O) groups is 2. The van der Waals surface area contributed by atoms with Gasteiger partial charge >= 0.3 is 0 Å². The summed E-state index contributed by atoms with van der Waals surface area (Å²) in [4.78, 5) is 29.9. The highest BCUT2D eigenvalue weighted by Gasteiger charge is 2.22. The molecule has 0 spiro atoms. The molecule has 0 saturated carbocycles. The fourth-order valence-corrected chi connectivity index (χ4v) is 4.88. The fourth-order valence-electron chi connectivity index (χ4n) is 4.88. The number of nitrogens with zero attached hydrogens (tertiary/aromatic N) is 2. The monoisotopic (exact) mass is 472 g/mol. The molecule has 0 atom stereocenters. The average Bonchev–Trinajstić information content (AvgIpc) is 3.40. The SMILES string of the molecule is O=C(CN1CCCc2c(NC(=O)c3ccc(F)cc3)cccc21)Nc1ccc(N2CCCC2)cc1. The molecular formula is C28H29FN4O2. The lowest BCUT2D eigenvalue weighted by Crippen LogP contribution is -2.37. The first-order valence-corrected chi connectivity index (χ1v) is 12.2. The summed E-state index contributed by atoms with van der Waals surface area (Å²) in [5, 5.41) is 5.97. The molecule has 0 aromatic heterocycles. The van der Waals surface area contributed by atoms with Crippen molar-refractivity contribution in [3.63, 3.8) is 0 Å². The Bertz CT molecular complexity index is 1200. The van der Waals surface area contributed by atoms with Gasteiger partial charge in [0.05, 0.1) is 6.54 Å². The van der Waals surface area contributed by atoms with Crippen LogP contribution in [-0.4, -0.2) is 38.0 Å². The van der Waals surface area contributed by atoms with Crippen LogP contribution in [0.2, 0.25) is 0 Å². The minimum absolute atomic E-state index is 0.0764. The van der Waals surface area contributed by atoms with E-state index in [9.17, 15) is 14.0 Å². The Hall–Kier alpha value is -3.87. The summed E-state index contributed by atoms with van der Waals surface area (Å²) >= 11 is 0. The van der Waals surface area contributed by atoms with Crippen molar-refractivity contribution in [2.75, 3.05) is 46.6 Å². The van der Waals surface area contributed by atoms with E-state index in [1.54, 1.807) is 0 Å². The second-order valence-corrected chi connectivity index (χ2v) is 9.08. The van der Waals surface area contributed by atoms with Crippen LogP contribution in [0.15, 0.2) is 66.7 Å². The van der Waals surface area contributed by atoms with Gasteiger partial charge < -0.3 is 20.4 Å². The van der Waals surface area contributed by atoms with Gasteiger partial charge in [0.15, 0.2) is 0 Å². The van der Waals surface area contributed by atoms with Crippen molar-refractivity contribution in [1.29, 1.82) is 0 Å². The fraction of sp³-hybridized carbons (Fsp3) is 0.286. The molecule has 0 unspecified atom stereocenters. The molecule has 1 fully saturated rings. The van der Waals surface area contributed by atoms with E-state index in [1.807, 2.05) is 30.3 Å². The molecule has 2 amide bonds. The zero-order valence-electron chi connectivity index (χ0n) is 19.6. The molecule has 2 aliphatic rings. The first-order chi connectivity index (χ1) is 17.1. The van der Waals surface area contributed by atoms with Crippen LogP contribution in [0.4, 0.5) is 27.1 Å². The van der Waals surface area contributed by atoms with Gasteiger partial charge in [0.25, 0.3) is 5.91 Å². The second kappa shape index (κ2) is 10.2. The number of hydrogen-bond donors (Lipinski definition) is 2. The van der Waals surface area contributed by atoms with Crippen molar-refractivity contribution < 1.29 is 14.0 Å². The number of anilines is 4. The molecule has 1 saturated heterocycles. The molecule has 6 nitrogen and oxygen atoms in total.